The zero-order chi connectivity index (χ0) is 15.4. The highest BCUT2D eigenvalue weighted by molar-refractivity contribution is 5.79. The van der Waals surface area contributed by atoms with Crippen LogP contribution in [0.5, 0.6) is 5.75 Å². The molecule has 0 spiro atoms. The Morgan fingerprint density at radius 1 is 1.23 bits per heavy atom. The van der Waals surface area contributed by atoms with Gasteiger partial charge in [-0.15, -0.1) is 0 Å². The normalized spacial score (nSPS) is 16.0. The van der Waals surface area contributed by atoms with E-state index < -0.39 is 0 Å². The number of carbonyl (C=O) groups is 1. The number of amides is 1. The SMILES string of the molecule is N#Cc1ccc(CNC(=O)C2COc3ccccc3C2)cc1. The van der Waals surface area contributed by atoms with Crippen LogP contribution in [0.2, 0.25) is 0 Å². The molecule has 4 heteroatoms. The van der Waals surface area contributed by atoms with Gasteiger partial charge in [0.25, 0.3) is 0 Å². The monoisotopic (exact) mass is 292 g/mol. The summed E-state index contributed by atoms with van der Waals surface area (Å²) in [7, 11) is 0. The second-order valence-electron chi connectivity index (χ2n) is 5.35. The fourth-order valence-electron chi connectivity index (χ4n) is 2.53. The average Bonchev–Trinajstić information content (AvgIpc) is 2.59. The molecule has 0 aromatic heterocycles. The summed E-state index contributed by atoms with van der Waals surface area (Å²) in [6.45, 7) is 0.874. The molecule has 1 N–H and O–H groups in total. The Kier molecular flexibility index (Phi) is 4.06. The highest BCUT2D eigenvalue weighted by Crippen LogP contribution is 2.26. The van der Waals surface area contributed by atoms with Crippen LogP contribution in [0, 0.1) is 17.2 Å². The molecule has 22 heavy (non-hydrogen) atoms. The molecule has 1 aliphatic heterocycles. The van der Waals surface area contributed by atoms with E-state index in [1.165, 1.54) is 0 Å². The van der Waals surface area contributed by atoms with E-state index in [1.54, 1.807) is 12.1 Å². The number of hydrogen-bond acceptors (Lipinski definition) is 3. The molecule has 0 bridgehead atoms. The summed E-state index contributed by atoms with van der Waals surface area (Å²) in [6.07, 6.45) is 0.704. The van der Waals surface area contributed by atoms with Crippen LogP contribution >= 0.6 is 0 Å². The van der Waals surface area contributed by atoms with Gasteiger partial charge in [-0.1, -0.05) is 30.3 Å². The molecule has 110 valence electrons. The molecule has 1 aliphatic rings. The van der Waals surface area contributed by atoms with Crippen LogP contribution in [0.4, 0.5) is 0 Å². The lowest BCUT2D eigenvalue weighted by molar-refractivity contribution is -0.126. The predicted molar refractivity (Wildman–Crippen MR) is 82.1 cm³/mol. The van der Waals surface area contributed by atoms with E-state index in [0.717, 1.165) is 16.9 Å². The summed E-state index contributed by atoms with van der Waals surface area (Å²) in [5.41, 5.74) is 2.67. The van der Waals surface area contributed by atoms with Crippen LogP contribution in [0.15, 0.2) is 48.5 Å². The molecule has 2 aromatic carbocycles. The molecule has 0 saturated carbocycles. The number of nitriles is 1. The Labute approximate surface area is 129 Å². The minimum Gasteiger partial charge on any atom is -0.492 e. The maximum Gasteiger partial charge on any atom is 0.227 e. The molecule has 1 atom stereocenters. The van der Waals surface area contributed by atoms with E-state index in [1.807, 2.05) is 36.4 Å². The lowest BCUT2D eigenvalue weighted by atomic mass is 9.96. The average molecular weight is 292 g/mol. The molecule has 3 rings (SSSR count). The van der Waals surface area contributed by atoms with Crippen LogP contribution < -0.4 is 10.1 Å². The third-order valence-electron chi connectivity index (χ3n) is 3.80. The van der Waals surface area contributed by atoms with Crippen molar-refractivity contribution in [2.24, 2.45) is 5.92 Å². The number of nitrogens with zero attached hydrogens (tertiary/aromatic N) is 1. The van der Waals surface area contributed by atoms with Crippen molar-refractivity contribution in [1.29, 1.82) is 5.26 Å². The Morgan fingerprint density at radius 3 is 2.77 bits per heavy atom. The zero-order valence-corrected chi connectivity index (χ0v) is 12.1. The standard InChI is InChI=1S/C18H16N2O2/c19-10-13-5-7-14(8-6-13)11-20-18(21)16-9-15-3-1-2-4-17(15)22-12-16/h1-8,16H,9,11-12H2,(H,20,21). The van der Waals surface area contributed by atoms with Crippen LogP contribution in [-0.2, 0) is 17.8 Å². The lowest BCUT2D eigenvalue weighted by Gasteiger charge is -2.24. The minimum absolute atomic E-state index is 0.00105. The number of para-hydroxylation sites is 1. The van der Waals surface area contributed by atoms with Gasteiger partial charge in [0.15, 0.2) is 0 Å². The van der Waals surface area contributed by atoms with Crippen molar-refractivity contribution >= 4 is 5.91 Å². The summed E-state index contributed by atoms with van der Waals surface area (Å²) in [5, 5.41) is 11.7. The van der Waals surface area contributed by atoms with Gasteiger partial charge >= 0.3 is 0 Å². The molecule has 0 radical (unpaired) electrons. The van der Waals surface area contributed by atoms with Gasteiger partial charge in [-0.25, -0.2) is 0 Å². The van der Waals surface area contributed by atoms with Crippen molar-refractivity contribution in [2.45, 2.75) is 13.0 Å². The molecule has 0 saturated heterocycles. The molecular weight excluding hydrogens is 276 g/mol. The number of rotatable bonds is 3. The predicted octanol–water partition coefficient (Wildman–Crippen LogP) is 2.43. The van der Waals surface area contributed by atoms with Gasteiger partial charge < -0.3 is 10.1 Å². The van der Waals surface area contributed by atoms with Crippen molar-refractivity contribution < 1.29 is 9.53 Å². The minimum atomic E-state index is -0.159. The van der Waals surface area contributed by atoms with Crippen LogP contribution in [0.3, 0.4) is 0 Å². The quantitative estimate of drug-likeness (QED) is 0.945. The van der Waals surface area contributed by atoms with Crippen molar-refractivity contribution in [3.63, 3.8) is 0 Å². The Hall–Kier alpha value is -2.80. The second kappa shape index (κ2) is 6.31. The molecular formula is C18H16N2O2. The van der Waals surface area contributed by atoms with Gasteiger partial charge in [0.1, 0.15) is 12.4 Å². The molecule has 1 amide bonds. The van der Waals surface area contributed by atoms with Gasteiger partial charge in [-0.05, 0) is 35.7 Å². The third kappa shape index (κ3) is 3.09. The van der Waals surface area contributed by atoms with Gasteiger partial charge in [-0.3, -0.25) is 4.79 Å². The third-order valence-corrected chi connectivity index (χ3v) is 3.80. The number of benzene rings is 2. The summed E-state index contributed by atoms with van der Waals surface area (Å²) >= 11 is 0. The Balaban J connectivity index is 1.57. The number of ether oxygens (including phenoxy) is 1. The number of hydrogen-bond donors (Lipinski definition) is 1. The van der Waals surface area contributed by atoms with Crippen molar-refractivity contribution in [1.82, 2.24) is 5.32 Å². The lowest BCUT2D eigenvalue weighted by Crippen LogP contribution is -2.37. The van der Waals surface area contributed by atoms with Crippen molar-refractivity contribution in [3.8, 4) is 11.8 Å². The molecule has 0 aliphatic carbocycles. The molecule has 1 heterocycles. The van der Waals surface area contributed by atoms with Gasteiger partial charge in [-0.2, -0.15) is 5.26 Å². The molecule has 1 unspecified atom stereocenters. The molecule has 4 nitrogen and oxygen atoms in total. The first-order chi connectivity index (χ1) is 10.8. The van der Waals surface area contributed by atoms with Crippen LogP contribution in [0.25, 0.3) is 0 Å². The maximum absolute atomic E-state index is 12.3. The maximum atomic E-state index is 12.3. The highest BCUT2D eigenvalue weighted by Gasteiger charge is 2.25. The number of fused-ring (bicyclic) bond motifs is 1. The first-order valence-corrected chi connectivity index (χ1v) is 7.24. The fourth-order valence-corrected chi connectivity index (χ4v) is 2.53. The van der Waals surface area contributed by atoms with E-state index in [2.05, 4.69) is 11.4 Å². The van der Waals surface area contributed by atoms with Gasteiger partial charge in [0, 0.05) is 6.54 Å². The Bertz CT molecular complexity index is 717. The van der Waals surface area contributed by atoms with E-state index in [0.29, 0.717) is 25.1 Å². The molecule has 2 aromatic rings. The van der Waals surface area contributed by atoms with Crippen LogP contribution in [-0.4, -0.2) is 12.5 Å². The van der Waals surface area contributed by atoms with Gasteiger partial charge in [0.2, 0.25) is 5.91 Å². The number of carbonyl (C=O) groups excluding carboxylic acids is 1. The summed E-state index contributed by atoms with van der Waals surface area (Å²) in [6, 6.07) is 17.1. The van der Waals surface area contributed by atoms with Crippen molar-refractivity contribution in [2.75, 3.05) is 6.61 Å². The van der Waals surface area contributed by atoms with E-state index in [9.17, 15) is 4.79 Å². The summed E-state index contributed by atoms with van der Waals surface area (Å²) < 4.78 is 5.64. The van der Waals surface area contributed by atoms with E-state index in [-0.39, 0.29) is 11.8 Å². The Morgan fingerprint density at radius 2 is 2.00 bits per heavy atom. The number of nitrogens with one attached hydrogen (secondary N) is 1. The summed E-state index contributed by atoms with van der Waals surface area (Å²) in [4.78, 5) is 12.3. The van der Waals surface area contributed by atoms with E-state index in [4.69, 9.17) is 10.00 Å². The topological polar surface area (TPSA) is 62.1 Å². The largest absolute Gasteiger partial charge is 0.492 e. The zero-order valence-electron chi connectivity index (χ0n) is 12.1. The molecule has 0 fully saturated rings. The fraction of sp³-hybridized carbons (Fsp3) is 0.222. The first-order valence-electron chi connectivity index (χ1n) is 7.24. The smallest absolute Gasteiger partial charge is 0.227 e. The summed E-state index contributed by atoms with van der Waals surface area (Å²) in [5.74, 6) is 0.714. The highest BCUT2D eigenvalue weighted by atomic mass is 16.5. The van der Waals surface area contributed by atoms with E-state index >= 15 is 0 Å². The van der Waals surface area contributed by atoms with Gasteiger partial charge in [0.05, 0.1) is 17.6 Å². The van der Waals surface area contributed by atoms with Crippen molar-refractivity contribution in [3.05, 3.63) is 65.2 Å². The van der Waals surface area contributed by atoms with Crippen LogP contribution in [0.1, 0.15) is 16.7 Å². The second-order valence-corrected chi connectivity index (χ2v) is 5.35. The first kappa shape index (κ1) is 14.2.